The molecule has 0 radical (unpaired) electrons. The van der Waals surface area contributed by atoms with Gasteiger partial charge in [0.25, 0.3) is 11.5 Å². The number of nitrogens with zero attached hydrogens (tertiary/aromatic N) is 2. The third-order valence-corrected chi connectivity index (χ3v) is 7.07. The summed E-state index contributed by atoms with van der Waals surface area (Å²) in [4.78, 5) is 46.5. The molecule has 1 saturated carbocycles. The summed E-state index contributed by atoms with van der Waals surface area (Å²) >= 11 is 0. The lowest BCUT2D eigenvalue weighted by atomic mass is 9.85. The zero-order valence-corrected chi connectivity index (χ0v) is 19.3. The van der Waals surface area contributed by atoms with E-state index in [-0.39, 0.29) is 23.4 Å². The van der Waals surface area contributed by atoms with Crippen molar-refractivity contribution < 1.29 is 9.59 Å². The molecule has 2 aromatic carbocycles. The van der Waals surface area contributed by atoms with Crippen LogP contribution in [0, 0.1) is 5.92 Å². The highest BCUT2D eigenvalue weighted by Crippen LogP contribution is 2.29. The standard InChI is InChI=1S/C27H30N4O3/c32-25(11-5-10-24-29-23-9-4-3-8-22(23)26(33)30-24)28-20-14-12-18(13-15-20)16-31-17-19-6-1-2-7-21(19)27(31)34/h1-4,6-9,18,20H,5,10-17H2,(H,28,32)(H,29,30,33). The molecule has 1 fully saturated rings. The second-order valence-corrected chi connectivity index (χ2v) is 9.51. The van der Waals surface area contributed by atoms with Crippen molar-refractivity contribution in [2.45, 2.75) is 57.5 Å². The fraction of sp³-hybridized carbons (Fsp3) is 0.407. The number of aromatic amines is 1. The number of benzene rings is 2. The molecule has 176 valence electrons. The lowest BCUT2D eigenvalue weighted by Gasteiger charge is -2.31. The zero-order valence-electron chi connectivity index (χ0n) is 19.3. The molecule has 2 N–H and O–H groups in total. The summed E-state index contributed by atoms with van der Waals surface area (Å²) in [6.45, 7) is 1.51. The van der Waals surface area contributed by atoms with Gasteiger partial charge in [0.05, 0.1) is 10.9 Å². The van der Waals surface area contributed by atoms with Crippen LogP contribution in [-0.4, -0.2) is 39.3 Å². The van der Waals surface area contributed by atoms with E-state index in [4.69, 9.17) is 0 Å². The van der Waals surface area contributed by atoms with E-state index in [0.717, 1.165) is 43.4 Å². The summed E-state index contributed by atoms with van der Waals surface area (Å²) in [5, 5.41) is 3.75. The molecule has 2 amide bonds. The van der Waals surface area contributed by atoms with Gasteiger partial charge in [-0.3, -0.25) is 14.4 Å². The van der Waals surface area contributed by atoms with Crippen LogP contribution in [0.5, 0.6) is 0 Å². The minimum absolute atomic E-state index is 0.0526. The Morgan fingerprint density at radius 3 is 2.62 bits per heavy atom. The summed E-state index contributed by atoms with van der Waals surface area (Å²) < 4.78 is 0. The second kappa shape index (κ2) is 9.79. The maximum absolute atomic E-state index is 12.6. The molecular formula is C27H30N4O3. The van der Waals surface area contributed by atoms with Gasteiger partial charge in [-0.15, -0.1) is 0 Å². The fourth-order valence-corrected chi connectivity index (χ4v) is 5.23. The van der Waals surface area contributed by atoms with Crippen LogP contribution in [0.4, 0.5) is 0 Å². The number of aromatic nitrogens is 2. The van der Waals surface area contributed by atoms with Crippen molar-refractivity contribution >= 4 is 22.7 Å². The van der Waals surface area contributed by atoms with Gasteiger partial charge >= 0.3 is 0 Å². The van der Waals surface area contributed by atoms with Crippen LogP contribution in [0.1, 0.15) is 60.3 Å². The number of H-pyrrole nitrogens is 1. The molecule has 0 saturated heterocycles. The van der Waals surface area contributed by atoms with Gasteiger partial charge in [-0.2, -0.15) is 0 Å². The lowest BCUT2D eigenvalue weighted by Crippen LogP contribution is -2.39. The third-order valence-electron chi connectivity index (χ3n) is 7.07. The molecule has 7 nitrogen and oxygen atoms in total. The number of aryl methyl sites for hydroxylation is 1. The fourth-order valence-electron chi connectivity index (χ4n) is 5.23. The molecule has 2 aliphatic rings. The summed E-state index contributed by atoms with van der Waals surface area (Å²) in [5.41, 5.74) is 2.51. The number of rotatable bonds is 7. The van der Waals surface area contributed by atoms with Crippen molar-refractivity contribution in [1.29, 1.82) is 0 Å². The Morgan fingerprint density at radius 1 is 1.03 bits per heavy atom. The van der Waals surface area contributed by atoms with Crippen molar-refractivity contribution in [3.63, 3.8) is 0 Å². The topological polar surface area (TPSA) is 95.2 Å². The molecule has 0 unspecified atom stereocenters. The van der Waals surface area contributed by atoms with Crippen LogP contribution in [0.25, 0.3) is 10.9 Å². The lowest BCUT2D eigenvalue weighted by molar-refractivity contribution is -0.122. The highest BCUT2D eigenvalue weighted by molar-refractivity contribution is 5.98. The minimum atomic E-state index is -0.138. The van der Waals surface area contributed by atoms with E-state index in [9.17, 15) is 14.4 Å². The normalized spacial score (nSPS) is 19.9. The molecule has 2 heterocycles. The Kier molecular flexibility index (Phi) is 6.43. The van der Waals surface area contributed by atoms with Crippen LogP contribution < -0.4 is 10.9 Å². The minimum Gasteiger partial charge on any atom is -0.353 e. The van der Waals surface area contributed by atoms with Gasteiger partial charge in [-0.25, -0.2) is 4.98 Å². The predicted octanol–water partition coefficient (Wildman–Crippen LogP) is 3.58. The van der Waals surface area contributed by atoms with E-state index >= 15 is 0 Å². The van der Waals surface area contributed by atoms with E-state index in [0.29, 0.717) is 48.5 Å². The Labute approximate surface area is 198 Å². The van der Waals surface area contributed by atoms with Crippen LogP contribution >= 0.6 is 0 Å². The smallest absolute Gasteiger partial charge is 0.258 e. The van der Waals surface area contributed by atoms with Crippen LogP contribution in [0.2, 0.25) is 0 Å². The number of fused-ring (bicyclic) bond motifs is 2. The molecular weight excluding hydrogens is 428 g/mol. The van der Waals surface area contributed by atoms with Gasteiger partial charge in [0, 0.05) is 37.5 Å². The monoisotopic (exact) mass is 458 g/mol. The van der Waals surface area contributed by atoms with E-state index in [1.165, 1.54) is 0 Å². The Morgan fingerprint density at radius 2 is 1.79 bits per heavy atom. The molecule has 7 heteroatoms. The van der Waals surface area contributed by atoms with Gasteiger partial charge in [-0.05, 0) is 61.8 Å². The average Bonchev–Trinajstić information content (AvgIpc) is 3.16. The molecule has 3 aromatic rings. The highest BCUT2D eigenvalue weighted by atomic mass is 16.2. The van der Waals surface area contributed by atoms with Crippen molar-refractivity contribution in [1.82, 2.24) is 20.2 Å². The van der Waals surface area contributed by atoms with Gasteiger partial charge in [-0.1, -0.05) is 30.3 Å². The molecule has 0 atom stereocenters. The van der Waals surface area contributed by atoms with E-state index in [2.05, 4.69) is 15.3 Å². The van der Waals surface area contributed by atoms with Crippen LogP contribution in [0.15, 0.2) is 53.3 Å². The first kappa shape index (κ1) is 22.3. The maximum Gasteiger partial charge on any atom is 0.258 e. The van der Waals surface area contributed by atoms with Crippen molar-refractivity contribution in [3.05, 3.63) is 75.8 Å². The number of hydrogen-bond acceptors (Lipinski definition) is 4. The summed E-state index contributed by atoms with van der Waals surface area (Å²) in [6.07, 6.45) is 5.56. The molecule has 1 aliphatic carbocycles. The number of nitrogens with one attached hydrogen (secondary N) is 2. The third kappa shape index (κ3) is 4.88. The summed E-state index contributed by atoms with van der Waals surface area (Å²) in [6, 6.07) is 15.3. The predicted molar refractivity (Wildman–Crippen MR) is 130 cm³/mol. The first-order chi connectivity index (χ1) is 16.6. The molecule has 1 aliphatic heterocycles. The molecule has 5 rings (SSSR count). The van der Waals surface area contributed by atoms with Crippen molar-refractivity contribution in [3.8, 4) is 0 Å². The first-order valence-corrected chi connectivity index (χ1v) is 12.2. The second-order valence-electron chi connectivity index (χ2n) is 9.51. The molecule has 0 spiro atoms. The largest absolute Gasteiger partial charge is 0.353 e. The number of para-hydroxylation sites is 1. The number of carbonyl (C=O) groups is 2. The van der Waals surface area contributed by atoms with Gasteiger partial charge in [0.2, 0.25) is 5.91 Å². The van der Waals surface area contributed by atoms with Gasteiger partial charge in [0.1, 0.15) is 5.82 Å². The quantitative estimate of drug-likeness (QED) is 0.566. The summed E-state index contributed by atoms with van der Waals surface area (Å²) in [7, 11) is 0. The SMILES string of the molecule is O=C(CCCc1nc2ccccc2c(=O)[nH]1)NC1CCC(CN2Cc3ccccc3C2=O)CC1. The number of amides is 2. The Hall–Kier alpha value is -3.48. The average molecular weight is 459 g/mol. The van der Waals surface area contributed by atoms with E-state index in [1.807, 2.05) is 47.4 Å². The van der Waals surface area contributed by atoms with Gasteiger partial charge < -0.3 is 15.2 Å². The number of carbonyl (C=O) groups excluding carboxylic acids is 2. The zero-order chi connectivity index (χ0) is 23.5. The molecule has 0 bridgehead atoms. The highest BCUT2D eigenvalue weighted by Gasteiger charge is 2.30. The molecule has 34 heavy (non-hydrogen) atoms. The Bertz CT molecular complexity index is 1260. The van der Waals surface area contributed by atoms with Crippen molar-refractivity contribution in [2.75, 3.05) is 6.54 Å². The number of hydrogen-bond donors (Lipinski definition) is 2. The van der Waals surface area contributed by atoms with E-state index < -0.39 is 0 Å². The summed E-state index contributed by atoms with van der Waals surface area (Å²) in [5.74, 6) is 1.31. The van der Waals surface area contributed by atoms with E-state index in [1.54, 1.807) is 6.07 Å². The van der Waals surface area contributed by atoms with Gasteiger partial charge in [0.15, 0.2) is 0 Å². The van der Waals surface area contributed by atoms with Crippen molar-refractivity contribution in [2.24, 2.45) is 5.92 Å². The van der Waals surface area contributed by atoms with Crippen LogP contribution in [0.3, 0.4) is 0 Å². The Balaban J connectivity index is 1.04. The first-order valence-electron chi connectivity index (χ1n) is 12.2. The molecule has 1 aromatic heterocycles. The van der Waals surface area contributed by atoms with Crippen LogP contribution in [-0.2, 0) is 17.8 Å². The maximum atomic E-state index is 12.6.